The van der Waals surface area contributed by atoms with Crippen molar-refractivity contribution in [2.75, 3.05) is 0 Å². The number of carbonyl (C=O) groups is 1. The number of fused-ring (bicyclic) bond motifs is 3. The second kappa shape index (κ2) is 5.15. The van der Waals surface area contributed by atoms with Gasteiger partial charge in [-0.25, -0.2) is 0 Å². The van der Waals surface area contributed by atoms with Gasteiger partial charge in [-0.2, -0.15) is 0 Å². The number of aliphatic hydroxyl groups is 2. The van der Waals surface area contributed by atoms with Crippen LogP contribution in [0.5, 0.6) is 0 Å². The van der Waals surface area contributed by atoms with E-state index in [0.29, 0.717) is 19.3 Å². The van der Waals surface area contributed by atoms with Crippen LogP contribution in [-0.4, -0.2) is 39.4 Å². The van der Waals surface area contributed by atoms with Crippen molar-refractivity contribution in [3.8, 4) is 0 Å². The van der Waals surface area contributed by atoms with Gasteiger partial charge in [0.15, 0.2) is 0 Å². The Morgan fingerprint density at radius 1 is 1.21 bits per heavy atom. The number of hydrogen-bond donors (Lipinski definition) is 2. The molecule has 1 heterocycles. The van der Waals surface area contributed by atoms with Crippen molar-refractivity contribution >= 4 is 5.78 Å². The quantitative estimate of drug-likeness (QED) is 0.723. The highest BCUT2D eigenvalue weighted by atomic mass is 16.5. The lowest BCUT2D eigenvalue weighted by atomic mass is 9.43. The minimum absolute atomic E-state index is 0.0469. The minimum atomic E-state index is -0.831. The van der Waals surface area contributed by atoms with Gasteiger partial charge in [-0.05, 0) is 38.0 Å². The first kappa shape index (κ1) is 18.1. The summed E-state index contributed by atoms with van der Waals surface area (Å²) < 4.78 is 6.39. The largest absolute Gasteiger partial charge is 0.393 e. The van der Waals surface area contributed by atoms with Crippen LogP contribution in [0.2, 0.25) is 0 Å². The van der Waals surface area contributed by atoms with Crippen LogP contribution < -0.4 is 0 Å². The van der Waals surface area contributed by atoms with Gasteiger partial charge in [0.25, 0.3) is 0 Å². The van der Waals surface area contributed by atoms with E-state index in [1.165, 1.54) is 0 Å². The molecule has 3 fully saturated rings. The number of Topliss-reactive ketones (excluding diaryl/α,β-unsaturated/α-hetero) is 1. The second-order valence-electron chi connectivity index (χ2n) is 9.51. The SMILES string of the molecule is C=C[C@@]1(C)C[C@H](O)[C@@H]2[C@]3(C)CCC(=O)C(C)(C)[C@H]3C[C@@H](O)[C@]2(C)O1. The molecule has 24 heavy (non-hydrogen) atoms. The van der Waals surface area contributed by atoms with Gasteiger partial charge in [0.05, 0.1) is 23.4 Å². The Balaban J connectivity index is 2.09. The maximum atomic E-state index is 12.5. The highest BCUT2D eigenvalue weighted by molar-refractivity contribution is 5.85. The number of aliphatic hydroxyl groups excluding tert-OH is 2. The van der Waals surface area contributed by atoms with Gasteiger partial charge in [0.1, 0.15) is 5.78 Å². The number of rotatable bonds is 1. The van der Waals surface area contributed by atoms with Crippen LogP contribution in [0.4, 0.5) is 0 Å². The second-order valence-corrected chi connectivity index (χ2v) is 9.51. The van der Waals surface area contributed by atoms with Crippen LogP contribution in [-0.2, 0) is 9.53 Å². The third kappa shape index (κ3) is 2.19. The molecule has 3 aliphatic rings. The van der Waals surface area contributed by atoms with E-state index >= 15 is 0 Å². The summed E-state index contributed by atoms with van der Waals surface area (Å²) in [4.78, 5) is 12.5. The van der Waals surface area contributed by atoms with Crippen LogP contribution in [0.3, 0.4) is 0 Å². The standard InChI is InChI=1S/C20H32O4/c1-7-18(4)11-12(21)16-19(5)9-8-14(22)17(2,3)13(19)10-15(23)20(16,6)24-18/h7,12-13,15-16,21,23H,1,8-11H2,2-6H3/t12-,13+,15+,16+,18-,19+,20-/m0/s1. The molecule has 2 saturated carbocycles. The summed E-state index contributed by atoms with van der Waals surface area (Å²) in [6, 6.07) is 0. The summed E-state index contributed by atoms with van der Waals surface area (Å²) in [7, 11) is 0. The predicted octanol–water partition coefficient (Wildman–Crippen LogP) is 2.86. The van der Waals surface area contributed by atoms with E-state index in [1.807, 2.05) is 27.7 Å². The van der Waals surface area contributed by atoms with Gasteiger partial charge >= 0.3 is 0 Å². The Morgan fingerprint density at radius 2 is 1.83 bits per heavy atom. The number of carbonyl (C=O) groups excluding carboxylic acids is 1. The zero-order chi connectivity index (χ0) is 18.1. The van der Waals surface area contributed by atoms with Crippen LogP contribution >= 0.6 is 0 Å². The van der Waals surface area contributed by atoms with Gasteiger partial charge in [-0.15, -0.1) is 6.58 Å². The van der Waals surface area contributed by atoms with Gasteiger partial charge < -0.3 is 14.9 Å². The molecule has 0 spiro atoms. The van der Waals surface area contributed by atoms with Crippen molar-refractivity contribution < 1.29 is 19.7 Å². The van der Waals surface area contributed by atoms with Gasteiger partial charge in [0, 0.05) is 24.2 Å². The molecule has 7 atom stereocenters. The Bertz CT molecular complexity index is 570. The summed E-state index contributed by atoms with van der Waals surface area (Å²) in [5, 5.41) is 22.1. The van der Waals surface area contributed by atoms with E-state index in [0.717, 1.165) is 6.42 Å². The minimum Gasteiger partial charge on any atom is -0.393 e. The number of hydrogen-bond acceptors (Lipinski definition) is 4. The molecule has 0 aromatic rings. The molecule has 2 N–H and O–H groups in total. The van der Waals surface area contributed by atoms with Gasteiger partial charge in [0.2, 0.25) is 0 Å². The molecule has 2 aliphatic carbocycles. The number of ketones is 1. The Morgan fingerprint density at radius 3 is 2.42 bits per heavy atom. The van der Waals surface area contributed by atoms with Gasteiger partial charge in [-0.1, -0.05) is 26.8 Å². The normalized spacial score (nSPS) is 53.9. The van der Waals surface area contributed by atoms with Crippen molar-refractivity contribution in [3.05, 3.63) is 12.7 Å². The Kier molecular flexibility index (Phi) is 3.88. The number of ether oxygens (including phenoxy) is 1. The zero-order valence-electron chi connectivity index (χ0n) is 15.6. The fraction of sp³-hybridized carbons (Fsp3) is 0.850. The molecular formula is C20H32O4. The highest BCUT2D eigenvalue weighted by Gasteiger charge is 2.68. The molecule has 0 radical (unpaired) electrons. The fourth-order valence-corrected chi connectivity index (χ4v) is 6.31. The Hall–Kier alpha value is -0.710. The molecule has 0 unspecified atom stereocenters. The monoisotopic (exact) mass is 336 g/mol. The lowest BCUT2D eigenvalue weighted by Crippen LogP contribution is -2.72. The van der Waals surface area contributed by atoms with Gasteiger partial charge in [-0.3, -0.25) is 4.79 Å². The highest BCUT2D eigenvalue weighted by Crippen LogP contribution is 2.64. The molecule has 136 valence electrons. The van der Waals surface area contributed by atoms with Crippen molar-refractivity contribution in [1.29, 1.82) is 0 Å². The summed E-state index contributed by atoms with van der Waals surface area (Å²) in [6.45, 7) is 13.9. The molecular weight excluding hydrogens is 304 g/mol. The third-order valence-corrected chi connectivity index (χ3v) is 7.61. The van der Waals surface area contributed by atoms with E-state index in [2.05, 4.69) is 13.5 Å². The molecule has 0 aromatic carbocycles. The van der Waals surface area contributed by atoms with Crippen molar-refractivity contribution in [3.63, 3.8) is 0 Å². The lowest BCUT2D eigenvalue weighted by molar-refractivity contribution is -0.312. The molecule has 4 nitrogen and oxygen atoms in total. The predicted molar refractivity (Wildman–Crippen MR) is 92.4 cm³/mol. The van der Waals surface area contributed by atoms with Crippen LogP contribution in [0.15, 0.2) is 12.7 Å². The fourth-order valence-electron chi connectivity index (χ4n) is 6.31. The summed E-state index contributed by atoms with van der Waals surface area (Å²) in [5.41, 5.74) is -2.18. The van der Waals surface area contributed by atoms with Crippen LogP contribution in [0.25, 0.3) is 0 Å². The average Bonchev–Trinajstić information content (AvgIpc) is 2.46. The molecule has 1 saturated heterocycles. The third-order valence-electron chi connectivity index (χ3n) is 7.61. The average molecular weight is 336 g/mol. The van der Waals surface area contributed by atoms with Crippen LogP contribution in [0, 0.1) is 22.7 Å². The first-order valence-corrected chi connectivity index (χ1v) is 9.14. The zero-order valence-corrected chi connectivity index (χ0v) is 15.6. The first-order chi connectivity index (χ1) is 10.9. The lowest BCUT2D eigenvalue weighted by Gasteiger charge is -2.66. The van der Waals surface area contributed by atoms with Crippen molar-refractivity contribution in [2.45, 2.75) is 83.7 Å². The molecule has 1 aliphatic heterocycles. The molecule has 0 amide bonds. The Labute approximate surface area is 145 Å². The topological polar surface area (TPSA) is 66.8 Å². The summed E-state index contributed by atoms with van der Waals surface area (Å²) >= 11 is 0. The maximum Gasteiger partial charge on any atom is 0.138 e. The molecule has 0 aromatic heterocycles. The van der Waals surface area contributed by atoms with E-state index < -0.39 is 28.8 Å². The van der Waals surface area contributed by atoms with E-state index in [4.69, 9.17) is 4.74 Å². The summed E-state index contributed by atoms with van der Waals surface area (Å²) in [5.74, 6) is 0.118. The smallest absolute Gasteiger partial charge is 0.138 e. The van der Waals surface area contributed by atoms with E-state index in [1.54, 1.807) is 6.08 Å². The summed E-state index contributed by atoms with van der Waals surface area (Å²) in [6.07, 6.45) is 2.72. The van der Waals surface area contributed by atoms with E-state index in [9.17, 15) is 15.0 Å². The van der Waals surface area contributed by atoms with Crippen LogP contribution in [0.1, 0.15) is 60.3 Å². The molecule has 4 heteroatoms. The van der Waals surface area contributed by atoms with Crippen molar-refractivity contribution in [1.82, 2.24) is 0 Å². The molecule has 0 bridgehead atoms. The molecule has 3 rings (SSSR count). The van der Waals surface area contributed by atoms with Crippen molar-refractivity contribution in [2.24, 2.45) is 22.7 Å². The first-order valence-electron chi connectivity index (χ1n) is 9.14. The van der Waals surface area contributed by atoms with E-state index in [-0.39, 0.29) is 23.0 Å². The maximum absolute atomic E-state index is 12.5.